The van der Waals surface area contributed by atoms with Crippen LogP contribution in [-0.2, 0) is 19.1 Å². The van der Waals surface area contributed by atoms with E-state index >= 15 is 0 Å². The Balaban J connectivity index is 3.91. The van der Waals surface area contributed by atoms with Crippen LogP contribution in [-0.4, -0.2) is 24.6 Å². The van der Waals surface area contributed by atoms with Crippen LogP contribution in [0.2, 0.25) is 0 Å². The highest BCUT2D eigenvalue weighted by Crippen LogP contribution is 2.13. The summed E-state index contributed by atoms with van der Waals surface area (Å²) in [5.74, 6) is -0.504. The molecule has 0 aromatic carbocycles. The molecule has 0 aliphatic heterocycles. The van der Waals surface area contributed by atoms with E-state index in [1.54, 1.807) is 6.92 Å². The number of rotatable bonds is 9. The van der Waals surface area contributed by atoms with Gasteiger partial charge in [-0.05, 0) is 26.2 Å². The quantitative estimate of drug-likeness (QED) is 0.462. The molecule has 0 saturated carbocycles. The molecule has 100 valence electrons. The summed E-state index contributed by atoms with van der Waals surface area (Å²) in [5, 5.41) is 0. The van der Waals surface area contributed by atoms with Gasteiger partial charge in [-0.1, -0.05) is 19.8 Å². The van der Waals surface area contributed by atoms with Crippen LogP contribution in [0.15, 0.2) is 0 Å². The van der Waals surface area contributed by atoms with Crippen molar-refractivity contribution in [3.8, 4) is 0 Å². The van der Waals surface area contributed by atoms with Crippen LogP contribution < -0.4 is 0 Å². The summed E-state index contributed by atoms with van der Waals surface area (Å²) in [6.45, 7) is 5.70. The summed E-state index contributed by atoms with van der Waals surface area (Å²) in [4.78, 5) is 22.1. The van der Waals surface area contributed by atoms with Crippen LogP contribution in [0.25, 0.3) is 0 Å². The zero-order valence-electron chi connectivity index (χ0n) is 11.2. The van der Waals surface area contributed by atoms with Gasteiger partial charge >= 0.3 is 11.9 Å². The number of carbonyl (C=O) groups excluding carboxylic acids is 2. The van der Waals surface area contributed by atoms with Gasteiger partial charge in [0.05, 0.1) is 6.61 Å². The number of ether oxygens (including phenoxy) is 2. The lowest BCUT2D eigenvalue weighted by Crippen LogP contribution is -2.18. The molecule has 0 aromatic heterocycles. The predicted molar refractivity (Wildman–Crippen MR) is 65.6 cm³/mol. The van der Waals surface area contributed by atoms with Crippen LogP contribution >= 0.6 is 0 Å². The molecule has 0 amide bonds. The van der Waals surface area contributed by atoms with Gasteiger partial charge in [-0.3, -0.25) is 9.59 Å². The van der Waals surface area contributed by atoms with E-state index in [0.29, 0.717) is 19.4 Å². The van der Waals surface area contributed by atoms with E-state index in [0.717, 1.165) is 25.7 Å². The summed E-state index contributed by atoms with van der Waals surface area (Å²) in [5.41, 5.74) is 0. The molecule has 17 heavy (non-hydrogen) atoms. The van der Waals surface area contributed by atoms with Gasteiger partial charge in [0.1, 0.15) is 6.10 Å². The zero-order chi connectivity index (χ0) is 13.1. The zero-order valence-corrected chi connectivity index (χ0v) is 11.2. The van der Waals surface area contributed by atoms with Gasteiger partial charge in [0.15, 0.2) is 0 Å². The summed E-state index contributed by atoms with van der Waals surface area (Å²) in [7, 11) is 0. The van der Waals surface area contributed by atoms with Gasteiger partial charge in [-0.2, -0.15) is 0 Å². The molecule has 0 bridgehead atoms. The first-order chi connectivity index (χ1) is 8.10. The third kappa shape index (κ3) is 9.85. The predicted octanol–water partition coefficient (Wildman–Crippen LogP) is 2.84. The molecule has 0 aliphatic carbocycles. The summed E-state index contributed by atoms with van der Waals surface area (Å²) in [6.07, 6.45) is 4.83. The second-order valence-corrected chi connectivity index (χ2v) is 4.07. The second kappa shape index (κ2) is 10.1. The van der Waals surface area contributed by atoms with E-state index in [4.69, 9.17) is 9.47 Å². The van der Waals surface area contributed by atoms with Crippen LogP contribution in [0.3, 0.4) is 0 Å². The summed E-state index contributed by atoms with van der Waals surface area (Å²) in [6, 6.07) is 0. The Hall–Kier alpha value is -1.06. The Bertz CT molecular complexity index is 225. The first kappa shape index (κ1) is 15.9. The van der Waals surface area contributed by atoms with Crippen molar-refractivity contribution in [1.82, 2.24) is 0 Å². The Morgan fingerprint density at radius 2 is 1.82 bits per heavy atom. The highest BCUT2D eigenvalue weighted by atomic mass is 16.5. The first-order valence-corrected chi connectivity index (χ1v) is 6.43. The Morgan fingerprint density at radius 1 is 1.12 bits per heavy atom. The van der Waals surface area contributed by atoms with Gasteiger partial charge in [0.25, 0.3) is 0 Å². The van der Waals surface area contributed by atoms with Gasteiger partial charge in [0, 0.05) is 13.3 Å². The Kier molecular flexibility index (Phi) is 9.49. The molecule has 0 fully saturated rings. The summed E-state index contributed by atoms with van der Waals surface area (Å²) < 4.78 is 10.0. The first-order valence-electron chi connectivity index (χ1n) is 6.43. The number of carbonyl (C=O) groups is 2. The van der Waals surface area contributed by atoms with Gasteiger partial charge in [-0.25, -0.2) is 0 Å². The fourth-order valence-electron chi connectivity index (χ4n) is 1.63. The molecule has 0 heterocycles. The molecular formula is C13H24O4. The number of hydrogen-bond donors (Lipinski definition) is 0. The number of hydrogen-bond acceptors (Lipinski definition) is 4. The molecule has 0 rings (SSSR count). The van der Waals surface area contributed by atoms with Crippen molar-refractivity contribution in [1.29, 1.82) is 0 Å². The highest BCUT2D eigenvalue weighted by molar-refractivity contribution is 5.69. The van der Waals surface area contributed by atoms with Crippen molar-refractivity contribution in [3.05, 3.63) is 0 Å². The molecule has 4 nitrogen and oxygen atoms in total. The van der Waals surface area contributed by atoms with Crippen molar-refractivity contribution >= 4 is 11.9 Å². The van der Waals surface area contributed by atoms with E-state index in [-0.39, 0.29) is 18.0 Å². The minimum Gasteiger partial charge on any atom is -0.466 e. The van der Waals surface area contributed by atoms with E-state index in [9.17, 15) is 9.59 Å². The second-order valence-electron chi connectivity index (χ2n) is 4.07. The minimum atomic E-state index is -0.282. The third-order valence-electron chi connectivity index (χ3n) is 2.44. The van der Waals surface area contributed by atoms with Crippen LogP contribution in [0, 0.1) is 0 Å². The molecule has 0 radical (unpaired) electrons. The molecule has 0 N–H and O–H groups in total. The van der Waals surface area contributed by atoms with Gasteiger partial charge in [0.2, 0.25) is 0 Å². The highest BCUT2D eigenvalue weighted by Gasteiger charge is 2.14. The average Bonchev–Trinajstić information content (AvgIpc) is 2.25. The van der Waals surface area contributed by atoms with Crippen molar-refractivity contribution < 1.29 is 19.1 Å². The van der Waals surface area contributed by atoms with Crippen molar-refractivity contribution in [2.45, 2.75) is 65.4 Å². The Morgan fingerprint density at radius 3 is 2.35 bits per heavy atom. The van der Waals surface area contributed by atoms with Crippen molar-refractivity contribution in [2.75, 3.05) is 6.61 Å². The maximum atomic E-state index is 11.2. The lowest BCUT2D eigenvalue weighted by atomic mass is 10.1. The van der Waals surface area contributed by atoms with Crippen LogP contribution in [0.1, 0.15) is 59.3 Å². The fraction of sp³-hybridized carbons (Fsp3) is 0.846. The molecule has 1 unspecified atom stereocenters. The SMILES string of the molecule is CCCCCC(CCC(=O)OCC)OC(C)=O. The maximum Gasteiger partial charge on any atom is 0.305 e. The van der Waals surface area contributed by atoms with Crippen LogP contribution in [0.5, 0.6) is 0 Å². The largest absolute Gasteiger partial charge is 0.466 e. The Labute approximate surface area is 104 Å². The topological polar surface area (TPSA) is 52.6 Å². The minimum absolute atomic E-state index is 0.150. The molecule has 0 saturated heterocycles. The van der Waals surface area contributed by atoms with Gasteiger partial charge in [-0.15, -0.1) is 0 Å². The van der Waals surface area contributed by atoms with Gasteiger partial charge < -0.3 is 9.47 Å². The third-order valence-corrected chi connectivity index (χ3v) is 2.44. The average molecular weight is 244 g/mol. The smallest absolute Gasteiger partial charge is 0.305 e. The molecule has 0 aliphatic rings. The number of esters is 2. The van der Waals surface area contributed by atoms with E-state index < -0.39 is 0 Å². The molecule has 4 heteroatoms. The lowest BCUT2D eigenvalue weighted by molar-refractivity contribution is -0.150. The van der Waals surface area contributed by atoms with Crippen molar-refractivity contribution in [2.24, 2.45) is 0 Å². The standard InChI is InChI=1S/C13H24O4/c1-4-6-7-8-12(17-11(3)14)9-10-13(15)16-5-2/h12H,4-10H2,1-3H3. The molecule has 0 spiro atoms. The summed E-state index contributed by atoms with van der Waals surface area (Å²) >= 11 is 0. The van der Waals surface area contributed by atoms with Crippen LogP contribution in [0.4, 0.5) is 0 Å². The monoisotopic (exact) mass is 244 g/mol. The fourth-order valence-corrected chi connectivity index (χ4v) is 1.63. The van der Waals surface area contributed by atoms with Crippen molar-refractivity contribution in [3.63, 3.8) is 0 Å². The maximum absolute atomic E-state index is 11.2. The molecule has 1 atom stereocenters. The van der Waals surface area contributed by atoms with E-state index in [2.05, 4.69) is 6.92 Å². The number of unbranched alkanes of at least 4 members (excludes halogenated alkanes) is 2. The van der Waals surface area contributed by atoms with E-state index in [1.165, 1.54) is 6.92 Å². The lowest BCUT2D eigenvalue weighted by Gasteiger charge is -2.16. The normalized spacial score (nSPS) is 11.9. The molecule has 0 aromatic rings. The molecular weight excluding hydrogens is 220 g/mol. The van der Waals surface area contributed by atoms with E-state index in [1.807, 2.05) is 0 Å².